The molecule has 0 aromatic carbocycles. The average molecular weight is 569 g/mol. The summed E-state index contributed by atoms with van der Waals surface area (Å²) in [5.41, 5.74) is -2.37. The minimum atomic E-state index is -0.986. The molecule has 14 nitrogen and oxygen atoms in total. The quantitative estimate of drug-likeness (QED) is 0.431. The zero-order chi connectivity index (χ0) is 29.8. The number of alkyl halides is 1. The van der Waals surface area contributed by atoms with E-state index in [2.05, 4.69) is 10.3 Å². The average Bonchev–Trinajstić information content (AvgIpc) is 3.42. The topological polar surface area (TPSA) is 155 Å². The van der Waals surface area contributed by atoms with Crippen molar-refractivity contribution in [2.45, 2.75) is 97.6 Å². The van der Waals surface area contributed by atoms with Crippen molar-refractivity contribution in [1.29, 1.82) is 0 Å². The van der Waals surface area contributed by atoms with Gasteiger partial charge in [0.1, 0.15) is 48.6 Å². The van der Waals surface area contributed by atoms with E-state index in [9.17, 15) is 23.6 Å². The van der Waals surface area contributed by atoms with Crippen LogP contribution in [0.4, 0.5) is 14.0 Å². The van der Waals surface area contributed by atoms with Crippen LogP contribution in [0.1, 0.15) is 65.4 Å². The number of carbonyl (C=O) groups excluding carboxylic acids is 2. The molecule has 1 saturated heterocycles. The van der Waals surface area contributed by atoms with Crippen LogP contribution in [-0.4, -0.2) is 73.1 Å². The maximum absolute atomic E-state index is 13.4. The zero-order valence-corrected chi connectivity index (χ0v) is 23.7. The molecule has 1 aliphatic heterocycles. The van der Waals surface area contributed by atoms with E-state index in [0.29, 0.717) is 0 Å². The fourth-order valence-corrected chi connectivity index (χ4v) is 3.85. The minimum absolute atomic E-state index is 0.00811. The molecule has 0 amide bonds. The van der Waals surface area contributed by atoms with Gasteiger partial charge in [-0.2, -0.15) is 0 Å². The Hall–Kier alpha value is -3.75. The van der Waals surface area contributed by atoms with E-state index in [0.717, 1.165) is 4.57 Å². The van der Waals surface area contributed by atoms with E-state index in [-0.39, 0.29) is 37.4 Å². The SMILES string of the molecule is Cc1cn([C@H]2C[C@H](OC(=O)OC(C)(C)C)[C@@H](COC(=O)OC(C)(C)C)O2)c(=O)n(Cc2cn(CC[18F])nn2)c1=O. The molecule has 40 heavy (non-hydrogen) atoms. The summed E-state index contributed by atoms with van der Waals surface area (Å²) in [6.07, 6.45) is -2.06. The van der Waals surface area contributed by atoms with E-state index in [4.69, 9.17) is 23.7 Å². The van der Waals surface area contributed by atoms with Gasteiger partial charge in [0.05, 0.1) is 19.3 Å². The van der Waals surface area contributed by atoms with Gasteiger partial charge in [-0.25, -0.2) is 23.5 Å². The Labute approximate surface area is 229 Å². The number of ether oxygens (including phenoxy) is 5. The van der Waals surface area contributed by atoms with Crippen LogP contribution in [0.3, 0.4) is 0 Å². The number of hydrogen-bond acceptors (Lipinski definition) is 11. The number of aromatic nitrogens is 5. The second kappa shape index (κ2) is 12.2. The first kappa shape index (κ1) is 30.8. The number of hydrogen-bond donors (Lipinski definition) is 0. The molecule has 0 bridgehead atoms. The molecule has 1 fully saturated rings. The Balaban J connectivity index is 1.86. The Morgan fingerprint density at radius 1 is 1.07 bits per heavy atom. The number of halogens is 1. The van der Waals surface area contributed by atoms with Gasteiger partial charge in [-0.3, -0.25) is 13.9 Å². The predicted octanol–water partition coefficient (Wildman–Crippen LogP) is 2.49. The first-order chi connectivity index (χ1) is 18.6. The fourth-order valence-electron chi connectivity index (χ4n) is 3.85. The van der Waals surface area contributed by atoms with Crippen molar-refractivity contribution in [1.82, 2.24) is 24.1 Å². The lowest BCUT2D eigenvalue weighted by Crippen LogP contribution is -2.42. The first-order valence-electron chi connectivity index (χ1n) is 12.7. The van der Waals surface area contributed by atoms with Crippen LogP contribution in [0.25, 0.3) is 0 Å². The highest BCUT2D eigenvalue weighted by molar-refractivity contribution is 5.61. The number of aryl methyl sites for hydroxylation is 2. The molecule has 0 saturated carbocycles. The lowest BCUT2D eigenvalue weighted by Gasteiger charge is -2.23. The van der Waals surface area contributed by atoms with Crippen LogP contribution in [0.2, 0.25) is 0 Å². The summed E-state index contributed by atoms with van der Waals surface area (Å²) < 4.78 is 43.1. The molecule has 0 radical (unpaired) electrons. The van der Waals surface area contributed by atoms with Crippen LogP contribution in [-0.2, 0) is 36.8 Å². The number of nitrogens with zero attached hydrogens (tertiary/aromatic N) is 5. The molecule has 0 spiro atoms. The Kier molecular flexibility index (Phi) is 9.38. The summed E-state index contributed by atoms with van der Waals surface area (Å²) in [6.45, 7) is 10.4. The molecule has 1 aliphatic rings. The summed E-state index contributed by atoms with van der Waals surface area (Å²) in [5, 5.41) is 7.68. The Bertz CT molecular complexity index is 1320. The van der Waals surface area contributed by atoms with Gasteiger partial charge in [0.15, 0.2) is 0 Å². The first-order valence-corrected chi connectivity index (χ1v) is 12.7. The minimum Gasteiger partial charge on any atom is -0.431 e. The Morgan fingerprint density at radius 3 is 2.35 bits per heavy atom. The highest BCUT2D eigenvalue weighted by Crippen LogP contribution is 2.31. The monoisotopic (exact) mass is 568 g/mol. The third kappa shape index (κ3) is 8.37. The van der Waals surface area contributed by atoms with Gasteiger partial charge in [-0.1, -0.05) is 5.21 Å². The maximum Gasteiger partial charge on any atom is 0.509 e. The lowest BCUT2D eigenvalue weighted by atomic mass is 10.2. The van der Waals surface area contributed by atoms with E-state index in [1.807, 2.05) is 0 Å². The van der Waals surface area contributed by atoms with Crippen LogP contribution in [0.5, 0.6) is 0 Å². The van der Waals surface area contributed by atoms with Crippen molar-refractivity contribution < 1.29 is 37.7 Å². The zero-order valence-electron chi connectivity index (χ0n) is 23.7. The molecule has 222 valence electrons. The standard InChI is InChI=1S/C25H36FN5O9/c1-15-11-30(21(33)31(20(15)32)13-16-12-29(9-8-26)28-27-16)19-10-17(38-23(35)40-25(5,6)7)18(37-19)14-36-22(34)39-24(2,3)4/h11-12,17-19H,8-10,13-14H2,1-7H3/t17-,18+,19+/m0/s1/i26-1. The van der Waals surface area contributed by atoms with Crippen LogP contribution in [0, 0.1) is 6.92 Å². The highest BCUT2D eigenvalue weighted by atomic mass is 18.2. The summed E-state index contributed by atoms with van der Waals surface area (Å²) in [4.78, 5) is 50.8. The van der Waals surface area contributed by atoms with Crippen LogP contribution >= 0.6 is 0 Å². The largest absolute Gasteiger partial charge is 0.509 e. The molecule has 2 aromatic heterocycles. The van der Waals surface area contributed by atoms with Crippen LogP contribution < -0.4 is 11.2 Å². The maximum atomic E-state index is 13.4. The molecular weight excluding hydrogens is 532 g/mol. The van der Waals surface area contributed by atoms with Crippen molar-refractivity contribution in [2.75, 3.05) is 13.3 Å². The van der Waals surface area contributed by atoms with Gasteiger partial charge in [-0.05, 0) is 48.5 Å². The van der Waals surface area contributed by atoms with E-state index >= 15 is 0 Å². The molecule has 3 heterocycles. The summed E-state index contributed by atoms with van der Waals surface area (Å²) >= 11 is 0. The van der Waals surface area contributed by atoms with Gasteiger partial charge < -0.3 is 23.7 Å². The summed E-state index contributed by atoms with van der Waals surface area (Å²) in [6, 6.07) is 0. The van der Waals surface area contributed by atoms with Crippen LogP contribution in [0.15, 0.2) is 22.0 Å². The predicted molar refractivity (Wildman–Crippen MR) is 137 cm³/mol. The highest BCUT2D eigenvalue weighted by Gasteiger charge is 2.41. The van der Waals surface area contributed by atoms with Gasteiger partial charge in [0.25, 0.3) is 5.56 Å². The van der Waals surface area contributed by atoms with E-state index in [1.165, 1.54) is 28.6 Å². The Morgan fingerprint density at radius 2 is 1.73 bits per heavy atom. The van der Waals surface area contributed by atoms with E-state index < -0.39 is 59.9 Å². The normalized spacial score (nSPS) is 19.4. The molecule has 2 aromatic rings. The van der Waals surface area contributed by atoms with Crippen molar-refractivity contribution >= 4 is 12.3 Å². The molecule has 3 rings (SSSR count). The number of carbonyl (C=O) groups is 2. The van der Waals surface area contributed by atoms with Gasteiger partial charge in [0, 0.05) is 18.2 Å². The third-order valence-electron chi connectivity index (χ3n) is 5.47. The van der Waals surface area contributed by atoms with Gasteiger partial charge >= 0.3 is 18.0 Å². The van der Waals surface area contributed by atoms with Crippen molar-refractivity contribution in [3.63, 3.8) is 0 Å². The molecule has 15 heteroatoms. The van der Waals surface area contributed by atoms with Crippen molar-refractivity contribution in [2.24, 2.45) is 0 Å². The smallest absolute Gasteiger partial charge is 0.431 e. The third-order valence-corrected chi connectivity index (χ3v) is 5.47. The second-order valence-corrected chi connectivity index (χ2v) is 11.3. The summed E-state index contributed by atoms with van der Waals surface area (Å²) in [7, 11) is 0. The van der Waals surface area contributed by atoms with Gasteiger partial charge in [0.2, 0.25) is 0 Å². The molecule has 3 atom stereocenters. The lowest BCUT2D eigenvalue weighted by molar-refractivity contribution is -0.0824. The molecule has 0 N–H and O–H groups in total. The van der Waals surface area contributed by atoms with Gasteiger partial charge in [-0.15, -0.1) is 5.10 Å². The second-order valence-electron chi connectivity index (χ2n) is 11.3. The van der Waals surface area contributed by atoms with Crippen molar-refractivity contribution in [3.05, 3.63) is 44.5 Å². The van der Waals surface area contributed by atoms with E-state index in [1.54, 1.807) is 41.5 Å². The summed E-state index contributed by atoms with van der Waals surface area (Å²) in [5.74, 6) is 0. The molecule has 0 unspecified atom stereocenters. The fraction of sp³-hybridized carbons (Fsp3) is 0.680. The number of rotatable bonds is 8. The molecule has 0 aliphatic carbocycles. The molecular formula is C25H36FN5O9. The van der Waals surface area contributed by atoms with Crippen molar-refractivity contribution in [3.8, 4) is 0 Å².